The molecule has 1 aliphatic carbocycles. The van der Waals surface area contributed by atoms with Crippen LogP contribution in [0.15, 0.2) is 216 Å². The third kappa shape index (κ3) is 5.40. The quantitative estimate of drug-likeness (QED) is 0.174. The molecule has 3 heterocycles. The molecule has 60 heavy (non-hydrogen) atoms. The number of fused-ring (bicyclic) bond motifs is 10. The van der Waals surface area contributed by atoms with Crippen LogP contribution in [0.25, 0.3) is 78.4 Å². The van der Waals surface area contributed by atoms with Gasteiger partial charge in [0.2, 0.25) is 0 Å². The van der Waals surface area contributed by atoms with Crippen LogP contribution in [0.3, 0.4) is 0 Å². The summed E-state index contributed by atoms with van der Waals surface area (Å²) in [6.45, 7) is 0. The molecule has 0 amide bonds. The van der Waals surface area contributed by atoms with Gasteiger partial charge in [-0.3, -0.25) is 4.98 Å². The highest BCUT2D eigenvalue weighted by Crippen LogP contribution is 2.62. The van der Waals surface area contributed by atoms with Gasteiger partial charge in [0.05, 0.1) is 10.9 Å². The number of hydrogen-bond donors (Lipinski definition) is 0. The summed E-state index contributed by atoms with van der Waals surface area (Å²) >= 11 is 1.82. The van der Waals surface area contributed by atoms with Crippen molar-refractivity contribution < 1.29 is 0 Å². The van der Waals surface area contributed by atoms with Crippen molar-refractivity contribution in [3.63, 3.8) is 0 Å². The van der Waals surface area contributed by atoms with Gasteiger partial charge in [0, 0.05) is 43.6 Å². The number of nitrogens with zero attached hydrogens (tertiary/aromatic N) is 4. The maximum atomic E-state index is 5.20. The van der Waals surface area contributed by atoms with Gasteiger partial charge in [0.1, 0.15) is 0 Å². The summed E-state index contributed by atoms with van der Waals surface area (Å²) in [5.41, 5.74) is 15.6. The Hall–Kier alpha value is -7.47. The predicted molar refractivity (Wildman–Crippen MR) is 244 cm³/mol. The van der Waals surface area contributed by atoms with E-state index in [1.54, 1.807) is 0 Å². The number of hydrogen-bond acceptors (Lipinski definition) is 5. The lowest BCUT2D eigenvalue weighted by Crippen LogP contribution is -2.32. The van der Waals surface area contributed by atoms with E-state index in [1.165, 1.54) is 48.7 Å². The molecular formula is C55H34N4S. The van der Waals surface area contributed by atoms with Crippen LogP contribution in [-0.4, -0.2) is 19.9 Å². The zero-order chi connectivity index (χ0) is 39.6. The van der Waals surface area contributed by atoms with E-state index in [2.05, 4.69) is 170 Å². The fourth-order valence-corrected chi connectivity index (χ4v) is 10.6. The van der Waals surface area contributed by atoms with E-state index in [1.807, 2.05) is 48.3 Å². The van der Waals surface area contributed by atoms with Gasteiger partial charge in [0.25, 0.3) is 0 Å². The summed E-state index contributed by atoms with van der Waals surface area (Å²) in [7, 11) is 0. The highest BCUT2D eigenvalue weighted by Gasteiger charge is 2.50. The monoisotopic (exact) mass is 782 g/mol. The van der Waals surface area contributed by atoms with Crippen LogP contribution in [0.4, 0.5) is 0 Å². The first kappa shape index (κ1) is 34.6. The normalized spacial score (nSPS) is 13.1. The Labute approximate surface area is 352 Å². The molecule has 12 rings (SSSR count). The summed E-state index contributed by atoms with van der Waals surface area (Å²) < 4.78 is 0. The highest BCUT2D eigenvalue weighted by molar-refractivity contribution is 7.99. The zero-order valence-corrected chi connectivity index (χ0v) is 33.1. The molecule has 0 bridgehead atoms. The minimum atomic E-state index is -0.517. The van der Waals surface area contributed by atoms with Gasteiger partial charge < -0.3 is 0 Å². The number of rotatable bonds is 5. The molecule has 1 aliphatic heterocycles. The van der Waals surface area contributed by atoms with Crippen LogP contribution in [0, 0.1) is 0 Å². The van der Waals surface area contributed by atoms with Gasteiger partial charge in [-0.25, -0.2) is 15.0 Å². The van der Waals surface area contributed by atoms with Crippen molar-refractivity contribution in [1.82, 2.24) is 19.9 Å². The molecule has 10 aromatic rings. The van der Waals surface area contributed by atoms with E-state index in [4.69, 9.17) is 19.9 Å². The van der Waals surface area contributed by atoms with Crippen LogP contribution in [0.2, 0.25) is 0 Å². The van der Waals surface area contributed by atoms with Gasteiger partial charge in [-0.15, -0.1) is 0 Å². The smallest absolute Gasteiger partial charge is 0.164 e. The number of para-hydroxylation sites is 1. The molecule has 5 heteroatoms. The zero-order valence-electron chi connectivity index (χ0n) is 32.3. The molecule has 0 N–H and O–H groups in total. The molecular weight excluding hydrogens is 749 g/mol. The largest absolute Gasteiger partial charge is 0.256 e. The lowest BCUT2D eigenvalue weighted by molar-refractivity contribution is 0.722. The SMILES string of the molecule is c1ccc(-c2ccc(-c3nc(-c4ccccc4)nc(-c4ccc5c(c4)Sc4cc(-c6cccc7cccnc67)ccc4C54c5ccccc5-c5ccccc54)n3)cc2)cc1. The lowest BCUT2D eigenvalue weighted by atomic mass is 9.67. The first-order valence-electron chi connectivity index (χ1n) is 20.2. The van der Waals surface area contributed by atoms with Crippen molar-refractivity contribution in [1.29, 1.82) is 0 Å². The van der Waals surface area contributed by atoms with E-state index in [0.717, 1.165) is 44.3 Å². The molecule has 280 valence electrons. The number of aromatic nitrogens is 4. The number of benzene rings is 8. The average Bonchev–Trinajstić information content (AvgIpc) is 3.62. The Bertz CT molecular complexity index is 3240. The minimum Gasteiger partial charge on any atom is -0.256 e. The van der Waals surface area contributed by atoms with E-state index in [-0.39, 0.29) is 0 Å². The summed E-state index contributed by atoms with van der Waals surface area (Å²) in [4.78, 5) is 22.6. The fourth-order valence-electron chi connectivity index (χ4n) is 9.35. The molecule has 8 aromatic carbocycles. The van der Waals surface area contributed by atoms with Crippen LogP contribution in [0.1, 0.15) is 22.3 Å². The summed E-state index contributed by atoms with van der Waals surface area (Å²) in [6, 6.07) is 71.4. The first-order chi connectivity index (χ1) is 29.7. The Morgan fingerprint density at radius 1 is 0.333 bits per heavy atom. The molecule has 0 radical (unpaired) electrons. The molecule has 2 aromatic heterocycles. The van der Waals surface area contributed by atoms with Crippen molar-refractivity contribution in [3.8, 4) is 67.5 Å². The molecule has 0 fully saturated rings. The molecule has 0 saturated heterocycles. The molecule has 2 aliphatic rings. The second kappa shape index (κ2) is 13.8. The van der Waals surface area contributed by atoms with E-state index in [9.17, 15) is 0 Å². The van der Waals surface area contributed by atoms with Crippen molar-refractivity contribution in [2.24, 2.45) is 0 Å². The standard InChI is InChI=1S/C55H34N4S/c1-3-13-35(14-4-1)36-24-26-39(27-25-36)53-57-52(38-15-5-2-6-16-38)58-54(59-53)41-29-31-48-50(34-41)60-49-33-40(42-21-11-17-37-18-12-32-56-51(37)42)28-30-47(49)55(48)45-22-9-7-19-43(45)44-20-8-10-23-46(44)55/h1-34H. The van der Waals surface area contributed by atoms with Gasteiger partial charge in [-0.2, -0.15) is 0 Å². The Balaban J connectivity index is 1.05. The van der Waals surface area contributed by atoms with Crippen LogP contribution < -0.4 is 0 Å². The second-order valence-corrected chi connectivity index (χ2v) is 16.4. The fraction of sp³-hybridized carbons (Fsp3) is 0.0182. The van der Waals surface area contributed by atoms with Gasteiger partial charge in [0.15, 0.2) is 17.5 Å². The maximum Gasteiger partial charge on any atom is 0.164 e. The van der Waals surface area contributed by atoms with Crippen molar-refractivity contribution in [2.45, 2.75) is 15.2 Å². The van der Waals surface area contributed by atoms with Crippen LogP contribution in [0.5, 0.6) is 0 Å². The van der Waals surface area contributed by atoms with Crippen molar-refractivity contribution in [3.05, 3.63) is 229 Å². The average molecular weight is 783 g/mol. The topological polar surface area (TPSA) is 51.6 Å². The van der Waals surface area contributed by atoms with E-state index >= 15 is 0 Å². The third-order valence-corrected chi connectivity index (χ3v) is 13.2. The van der Waals surface area contributed by atoms with Crippen LogP contribution in [-0.2, 0) is 5.41 Å². The molecule has 4 nitrogen and oxygen atoms in total. The van der Waals surface area contributed by atoms with E-state index in [0.29, 0.717) is 17.5 Å². The summed E-state index contributed by atoms with van der Waals surface area (Å²) in [6.07, 6.45) is 1.88. The van der Waals surface area contributed by atoms with Crippen molar-refractivity contribution >= 4 is 22.7 Å². The summed E-state index contributed by atoms with van der Waals surface area (Å²) in [5, 5.41) is 1.13. The van der Waals surface area contributed by atoms with Gasteiger partial charge in [-0.05, 0) is 68.3 Å². The predicted octanol–water partition coefficient (Wildman–Crippen LogP) is 13.6. The third-order valence-electron chi connectivity index (χ3n) is 12.1. The summed E-state index contributed by atoms with van der Waals surface area (Å²) in [5.74, 6) is 1.91. The number of pyridine rings is 1. The lowest BCUT2D eigenvalue weighted by Gasteiger charge is -2.40. The molecule has 1 spiro atoms. The van der Waals surface area contributed by atoms with Gasteiger partial charge in [-0.1, -0.05) is 194 Å². The molecule has 0 atom stereocenters. The second-order valence-electron chi connectivity index (χ2n) is 15.4. The van der Waals surface area contributed by atoms with Gasteiger partial charge >= 0.3 is 0 Å². The Morgan fingerprint density at radius 2 is 0.800 bits per heavy atom. The Morgan fingerprint density at radius 3 is 1.47 bits per heavy atom. The van der Waals surface area contributed by atoms with E-state index < -0.39 is 5.41 Å². The first-order valence-corrected chi connectivity index (χ1v) is 21.0. The highest BCUT2D eigenvalue weighted by atomic mass is 32.2. The Kier molecular flexibility index (Phi) is 7.97. The maximum absolute atomic E-state index is 5.20. The van der Waals surface area contributed by atoms with Crippen molar-refractivity contribution in [2.75, 3.05) is 0 Å². The molecule has 0 unspecified atom stereocenters. The molecule has 0 saturated carbocycles. The minimum absolute atomic E-state index is 0.517. The van der Waals surface area contributed by atoms with Crippen LogP contribution >= 0.6 is 11.8 Å².